The van der Waals surface area contributed by atoms with E-state index in [-0.39, 0.29) is 17.4 Å². The highest BCUT2D eigenvalue weighted by Crippen LogP contribution is 2.21. The van der Waals surface area contributed by atoms with Gasteiger partial charge in [-0.1, -0.05) is 26.0 Å². The zero-order valence-electron chi connectivity index (χ0n) is 16.1. The number of hydrogen-bond donors (Lipinski definition) is 2. The molecule has 0 aliphatic carbocycles. The molecule has 0 radical (unpaired) electrons. The summed E-state index contributed by atoms with van der Waals surface area (Å²) < 4.78 is 31.1. The van der Waals surface area contributed by atoms with Crippen LogP contribution < -0.4 is 14.8 Å². The molecule has 7 nitrogen and oxygen atoms in total. The highest BCUT2D eigenvalue weighted by atomic mass is 32.2. The molecule has 0 heterocycles. The van der Waals surface area contributed by atoms with E-state index >= 15 is 0 Å². The molecule has 0 aromatic heterocycles. The van der Waals surface area contributed by atoms with Crippen LogP contribution in [-0.2, 0) is 19.6 Å². The second-order valence-corrected chi connectivity index (χ2v) is 8.08. The maximum absolute atomic E-state index is 12.0. The average molecular weight is 404 g/mol. The van der Waals surface area contributed by atoms with Crippen LogP contribution in [0.1, 0.15) is 38.7 Å². The number of nitrogens with one attached hydrogen (secondary N) is 2. The van der Waals surface area contributed by atoms with Crippen LogP contribution in [-0.4, -0.2) is 26.8 Å². The molecular weight excluding hydrogens is 380 g/mol. The lowest BCUT2D eigenvalue weighted by Crippen LogP contribution is -2.28. The minimum absolute atomic E-state index is 0.0710. The highest BCUT2D eigenvalue weighted by molar-refractivity contribution is 7.90. The molecule has 28 heavy (non-hydrogen) atoms. The molecule has 0 aliphatic heterocycles. The number of hydrogen-bond acceptors (Lipinski definition) is 5. The Morgan fingerprint density at radius 2 is 1.64 bits per heavy atom. The van der Waals surface area contributed by atoms with Crippen molar-refractivity contribution in [2.45, 2.75) is 38.0 Å². The summed E-state index contributed by atoms with van der Waals surface area (Å²) in [6.07, 6.45) is 1.05. The van der Waals surface area contributed by atoms with Gasteiger partial charge < -0.3 is 10.1 Å². The number of sulfonamides is 1. The van der Waals surface area contributed by atoms with E-state index in [1.54, 1.807) is 0 Å². The van der Waals surface area contributed by atoms with Crippen molar-refractivity contribution in [2.24, 2.45) is 0 Å². The molecule has 150 valence electrons. The Kier molecular flexibility index (Phi) is 7.17. The van der Waals surface area contributed by atoms with Crippen molar-refractivity contribution in [3.8, 4) is 5.75 Å². The van der Waals surface area contributed by atoms with Gasteiger partial charge in [-0.3, -0.25) is 9.59 Å². The Morgan fingerprint density at radius 3 is 2.18 bits per heavy atom. The lowest BCUT2D eigenvalue weighted by molar-refractivity contribution is -0.118. The Bertz CT molecular complexity index is 922. The summed E-state index contributed by atoms with van der Waals surface area (Å²) >= 11 is 0. The molecule has 8 heteroatoms. The van der Waals surface area contributed by atoms with Crippen molar-refractivity contribution < 1.29 is 22.7 Å². The average Bonchev–Trinajstić information content (AvgIpc) is 2.65. The molecule has 0 aliphatic rings. The van der Waals surface area contributed by atoms with Crippen molar-refractivity contribution >= 4 is 27.5 Å². The van der Waals surface area contributed by atoms with Crippen LogP contribution in [0.4, 0.5) is 5.69 Å². The summed E-state index contributed by atoms with van der Waals surface area (Å²) in [7, 11) is -3.90. The van der Waals surface area contributed by atoms with Crippen LogP contribution >= 0.6 is 0 Å². The normalized spacial score (nSPS) is 12.1. The third-order valence-electron chi connectivity index (χ3n) is 4.16. The first-order valence-corrected chi connectivity index (χ1v) is 10.4. The first kappa shape index (κ1) is 21.4. The second kappa shape index (κ2) is 9.36. The van der Waals surface area contributed by atoms with Crippen LogP contribution in [0, 0.1) is 0 Å². The fourth-order valence-corrected chi connectivity index (χ4v) is 3.43. The number of rotatable bonds is 8. The number of ether oxygens (including phenoxy) is 1. The predicted octanol–water partition coefficient (Wildman–Crippen LogP) is 3.04. The fourth-order valence-electron chi connectivity index (χ4n) is 2.44. The second-order valence-electron chi connectivity index (χ2n) is 6.40. The maximum atomic E-state index is 12.0. The maximum Gasteiger partial charge on any atom is 0.264 e. The largest absolute Gasteiger partial charge is 0.484 e. The van der Waals surface area contributed by atoms with Crippen molar-refractivity contribution in [3.05, 3.63) is 54.1 Å². The number of carbonyl (C=O) groups excluding carboxylic acids is 2. The van der Waals surface area contributed by atoms with Crippen molar-refractivity contribution in [1.82, 2.24) is 4.72 Å². The summed E-state index contributed by atoms with van der Waals surface area (Å²) in [5.74, 6) is 0.0175. The lowest BCUT2D eigenvalue weighted by Gasteiger charge is -2.11. The van der Waals surface area contributed by atoms with E-state index in [1.165, 1.54) is 29.8 Å². The Hall–Kier alpha value is -2.87. The Labute approximate surface area is 165 Å². The molecule has 0 fully saturated rings. The molecule has 2 N–H and O–H groups in total. The van der Waals surface area contributed by atoms with Crippen molar-refractivity contribution in [1.29, 1.82) is 0 Å². The van der Waals surface area contributed by atoms with E-state index in [2.05, 4.69) is 19.2 Å². The van der Waals surface area contributed by atoms with Crippen molar-refractivity contribution in [2.75, 3.05) is 11.9 Å². The molecule has 0 unspecified atom stereocenters. The summed E-state index contributed by atoms with van der Waals surface area (Å²) in [4.78, 5) is 22.9. The molecule has 0 bridgehead atoms. The lowest BCUT2D eigenvalue weighted by atomic mass is 9.99. The van der Waals surface area contributed by atoms with Crippen LogP contribution in [0.5, 0.6) is 5.75 Å². The van der Waals surface area contributed by atoms with Crippen LogP contribution in [0.25, 0.3) is 0 Å². The number of amides is 2. The van der Waals surface area contributed by atoms with Gasteiger partial charge in [-0.2, -0.15) is 0 Å². The summed E-state index contributed by atoms with van der Waals surface area (Å²) in [6, 6.07) is 13.1. The highest BCUT2D eigenvalue weighted by Gasteiger charge is 2.15. The summed E-state index contributed by atoms with van der Waals surface area (Å²) in [5, 5.41) is 2.62. The Balaban J connectivity index is 1.90. The smallest absolute Gasteiger partial charge is 0.264 e. The van der Waals surface area contributed by atoms with Gasteiger partial charge in [0.1, 0.15) is 5.75 Å². The predicted molar refractivity (Wildman–Crippen MR) is 107 cm³/mol. The van der Waals surface area contributed by atoms with Crippen LogP contribution in [0.15, 0.2) is 53.4 Å². The third-order valence-corrected chi connectivity index (χ3v) is 5.61. The van der Waals surface area contributed by atoms with E-state index < -0.39 is 15.9 Å². The van der Waals surface area contributed by atoms with Gasteiger partial charge >= 0.3 is 0 Å². The molecule has 0 saturated heterocycles. The molecule has 0 saturated carbocycles. The molecule has 2 rings (SSSR count). The first-order chi connectivity index (χ1) is 13.2. The van der Waals surface area contributed by atoms with Gasteiger partial charge in [0.05, 0.1) is 4.90 Å². The SMILES string of the molecule is CC[C@H](C)c1ccc(OCC(=O)Nc2ccc(S(=O)(=O)NC(C)=O)cc2)cc1. The third kappa shape index (κ3) is 6.09. The van der Waals surface area contributed by atoms with Gasteiger partial charge in [0.15, 0.2) is 6.61 Å². The van der Waals surface area contributed by atoms with Gasteiger partial charge in [-0.25, -0.2) is 13.1 Å². The van der Waals surface area contributed by atoms with E-state index in [9.17, 15) is 18.0 Å². The molecule has 0 spiro atoms. The van der Waals surface area contributed by atoms with E-state index in [0.29, 0.717) is 17.4 Å². The zero-order valence-corrected chi connectivity index (χ0v) is 16.9. The fraction of sp³-hybridized carbons (Fsp3) is 0.300. The molecule has 2 aromatic carbocycles. The monoisotopic (exact) mass is 404 g/mol. The molecule has 2 amide bonds. The van der Waals surface area contributed by atoms with E-state index in [4.69, 9.17) is 4.74 Å². The van der Waals surface area contributed by atoms with Gasteiger partial charge in [0.25, 0.3) is 15.9 Å². The summed E-state index contributed by atoms with van der Waals surface area (Å²) in [6.45, 7) is 5.22. The van der Waals surface area contributed by atoms with Gasteiger partial charge in [0, 0.05) is 12.6 Å². The van der Waals surface area contributed by atoms with E-state index in [0.717, 1.165) is 13.3 Å². The Morgan fingerprint density at radius 1 is 1.04 bits per heavy atom. The quantitative estimate of drug-likeness (QED) is 0.704. The number of benzene rings is 2. The van der Waals surface area contributed by atoms with Crippen LogP contribution in [0.3, 0.4) is 0 Å². The minimum Gasteiger partial charge on any atom is -0.484 e. The zero-order chi connectivity index (χ0) is 20.7. The molecule has 2 aromatic rings. The topological polar surface area (TPSA) is 102 Å². The minimum atomic E-state index is -3.90. The van der Waals surface area contributed by atoms with E-state index in [1.807, 2.05) is 29.0 Å². The van der Waals surface area contributed by atoms with Gasteiger partial charge in [-0.15, -0.1) is 0 Å². The van der Waals surface area contributed by atoms with Gasteiger partial charge in [0.2, 0.25) is 5.91 Å². The molecule has 1 atom stereocenters. The summed E-state index contributed by atoms with van der Waals surface area (Å²) in [5.41, 5.74) is 1.64. The first-order valence-electron chi connectivity index (χ1n) is 8.87. The van der Waals surface area contributed by atoms with Crippen LogP contribution in [0.2, 0.25) is 0 Å². The van der Waals surface area contributed by atoms with Gasteiger partial charge in [-0.05, 0) is 54.3 Å². The molecular formula is C20H24N2O5S. The number of carbonyl (C=O) groups is 2. The van der Waals surface area contributed by atoms with Crippen molar-refractivity contribution in [3.63, 3.8) is 0 Å². The number of anilines is 1. The standard InChI is InChI=1S/C20H24N2O5S/c1-4-14(2)16-5-9-18(10-6-16)27-13-20(24)21-17-7-11-19(12-8-17)28(25,26)22-15(3)23/h5-12,14H,4,13H2,1-3H3,(H,21,24)(H,22,23)/t14-/m0/s1.